The summed E-state index contributed by atoms with van der Waals surface area (Å²) in [5, 5.41) is 9.66. The number of amides is 1. The van der Waals surface area contributed by atoms with Gasteiger partial charge in [0.05, 0.1) is 6.54 Å². The second kappa shape index (κ2) is 10.5. The van der Waals surface area contributed by atoms with Crippen molar-refractivity contribution < 1.29 is 4.79 Å². The predicted molar refractivity (Wildman–Crippen MR) is 118 cm³/mol. The second-order valence-corrected chi connectivity index (χ2v) is 6.69. The molecule has 0 saturated heterocycles. The molecule has 0 fully saturated rings. The van der Waals surface area contributed by atoms with E-state index in [0.29, 0.717) is 13.0 Å². The first-order valence-corrected chi connectivity index (χ1v) is 9.35. The largest absolute Gasteiger partial charge is 0.357 e. The summed E-state index contributed by atoms with van der Waals surface area (Å²) in [6.07, 6.45) is 7.71. The first-order valence-electron chi connectivity index (χ1n) is 9.35. The minimum atomic E-state index is 0. The second-order valence-electron chi connectivity index (χ2n) is 6.69. The van der Waals surface area contributed by atoms with Crippen LogP contribution in [0.25, 0.3) is 0 Å². The van der Waals surface area contributed by atoms with Gasteiger partial charge in [0, 0.05) is 31.1 Å². The zero-order valence-electron chi connectivity index (χ0n) is 15.4. The molecule has 1 aromatic carbocycles. The number of fused-ring (bicyclic) bond motifs is 1. The van der Waals surface area contributed by atoms with E-state index in [1.807, 2.05) is 18.2 Å². The third-order valence-corrected chi connectivity index (χ3v) is 4.79. The lowest BCUT2D eigenvalue weighted by Gasteiger charge is -2.24. The van der Waals surface area contributed by atoms with Crippen LogP contribution in [0.5, 0.6) is 0 Å². The molecule has 6 heteroatoms. The molecule has 2 aliphatic rings. The standard InChI is InChI=1S/C20H28N4O.HI/c1-2-21-20(22-12-11-15-7-3-4-8-15)23-14-16-13-19(25)24-18-10-6-5-9-17(16)18;/h5-7,9-10,16H,2-4,8,11-14H2,1H3,(H,24,25)(H2,21,22,23);1H. The maximum atomic E-state index is 11.9. The monoisotopic (exact) mass is 468 g/mol. The molecule has 3 rings (SSSR count). The molecule has 1 aliphatic carbocycles. The summed E-state index contributed by atoms with van der Waals surface area (Å²) in [5.74, 6) is 1.05. The van der Waals surface area contributed by atoms with E-state index < -0.39 is 0 Å². The van der Waals surface area contributed by atoms with Crippen LogP contribution >= 0.6 is 24.0 Å². The molecule has 142 valence electrons. The zero-order chi connectivity index (χ0) is 17.5. The van der Waals surface area contributed by atoms with Crippen molar-refractivity contribution in [1.82, 2.24) is 10.6 Å². The number of para-hydroxylation sites is 1. The third kappa shape index (κ3) is 5.72. The van der Waals surface area contributed by atoms with Crippen LogP contribution in [0.3, 0.4) is 0 Å². The Morgan fingerprint density at radius 2 is 2.15 bits per heavy atom. The number of carbonyl (C=O) groups excluding carboxylic acids is 1. The van der Waals surface area contributed by atoms with Gasteiger partial charge in [0.25, 0.3) is 0 Å². The third-order valence-electron chi connectivity index (χ3n) is 4.79. The SMILES string of the molecule is CCNC(=NCC1CC(=O)Nc2ccccc21)NCCC1=CCCC1.I. The highest BCUT2D eigenvalue weighted by Crippen LogP contribution is 2.31. The normalized spacial score (nSPS) is 19.1. The molecule has 26 heavy (non-hydrogen) atoms. The number of anilines is 1. The molecule has 1 atom stereocenters. The van der Waals surface area contributed by atoms with E-state index >= 15 is 0 Å². The van der Waals surface area contributed by atoms with E-state index in [4.69, 9.17) is 4.99 Å². The summed E-state index contributed by atoms with van der Waals surface area (Å²) < 4.78 is 0. The summed E-state index contributed by atoms with van der Waals surface area (Å²) in [5.41, 5.74) is 3.66. The van der Waals surface area contributed by atoms with Gasteiger partial charge in [-0.05, 0) is 44.2 Å². The topological polar surface area (TPSA) is 65.5 Å². The van der Waals surface area contributed by atoms with E-state index in [-0.39, 0.29) is 35.8 Å². The lowest BCUT2D eigenvalue weighted by molar-refractivity contribution is -0.116. The summed E-state index contributed by atoms with van der Waals surface area (Å²) in [6.45, 7) is 4.41. The number of aliphatic imine (C=N–C) groups is 1. The van der Waals surface area contributed by atoms with Gasteiger partial charge in [-0.15, -0.1) is 24.0 Å². The van der Waals surface area contributed by atoms with Crippen molar-refractivity contribution in [3.05, 3.63) is 41.5 Å². The molecule has 0 saturated carbocycles. The molecule has 1 aromatic rings. The Kier molecular flexibility index (Phi) is 8.41. The van der Waals surface area contributed by atoms with E-state index in [0.717, 1.165) is 31.2 Å². The summed E-state index contributed by atoms with van der Waals surface area (Å²) >= 11 is 0. The maximum absolute atomic E-state index is 11.9. The van der Waals surface area contributed by atoms with Gasteiger partial charge in [-0.1, -0.05) is 29.8 Å². The number of halogens is 1. The molecule has 0 radical (unpaired) electrons. The van der Waals surface area contributed by atoms with Crippen molar-refractivity contribution in [2.45, 2.75) is 44.9 Å². The van der Waals surface area contributed by atoms with Crippen LogP contribution in [0.2, 0.25) is 0 Å². The maximum Gasteiger partial charge on any atom is 0.225 e. The number of nitrogens with zero attached hydrogens (tertiary/aromatic N) is 1. The molecule has 0 aromatic heterocycles. The van der Waals surface area contributed by atoms with Crippen LogP contribution in [0.1, 0.15) is 50.5 Å². The van der Waals surface area contributed by atoms with E-state index in [1.165, 1.54) is 24.8 Å². The molecule has 1 heterocycles. The highest BCUT2D eigenvalue weighted by Gasteiger charge is 2.24. The first kappa shape index (κ1) is 20.7. The number of carbonyl (C=O) groups is 1. The number of guanidine groups is 1. The van der Waals surface area contributed by atoms with Crippen LogP contribution < -0.4 is 16.0 Å². The molecule has 3 N–H and O–H groups in total. The van der Waals surface area contributed by atoms with Gasteiger partial charge in [-0.25, -0.2) is 0 Å². The van der Waals surface area contributed by atoms with Crippen molar-refractivity contribution in [3.63, 3.8) is 0 Å². The molecule has 0 bridgehead atoms. The van der Waals surface area contributed by atoms with Crippen LogP contribution in [-0.4, -0.2) is 31.5 Å². The fourth-order valence-electron chi connectivity index (χ4n) is 3.51. The summed E-state index contributed by atoms with van der Waals surface area (Å²) in [4.78, 5) is 16.7. The van der Waals surface area contributed by atoms with Crippen LogP contribution in [0, 0.1) is 0 Å². The van der Waals surface area contributed by atoms with Crippen LogP contribution in [0.15, 0.2) is 40.9 Å². The van der Waals surface area contributed by atoms with E-state index in [2.05, 4.69) is 35.0 Å². The Bertz CT molecular complexity index is 672. The lowest BCUT2D eigenvalue weighted by Crippen LogP contribution is -2.38. The molecule has 0 spiro atoms. The molecule has 1 aliphatic heterocycles. The van der Waals surface area contributed by atoms with Gasteiger partial charge >= 0.3 is 0 Å². The zero-order valence-corrected chi connectivity index (χ0v) is 17.7. The Balaban J connectivity index is 0.00000243. The first-order chi connectivity index (χ1) is 12.3. The number of allylic oxidation sites excluding steroid dienone is 1. The minimum absolute atomic E-state index is 0. The molecular formula is C20H29IN4O. The van der Waals surface area contributed by atoms with Gasteiger partial charge in [0.2, 0.25) is 5.91 Å². The number of hydrogen-bond donors (Lipinski definition) is 3. The fraction of sp³-hybridized carbons (Fsp3) is 0.500. The molecule has 5 nitrogen and oxygen atoms in total. The van der Waals surface area contributed by atoms with Crippen molar-refractivity contribution >= 4 is 41.5 Å². The van der Waals surface area contributed by atoms with Gasteiger partial charge in [-0.3, -0.25) is 9.79 Å². The van der Waals surface area contributed by atoms with Crippen molar-refractivity contribution in [2.24, 2.45) is 4.99 Å². The van der Waals surface area contributed by atoms with Crippen molar-refractivity contribution in [1.29, 1.82) is 0 Å². The van der Waals surface area contributed by atoms with E-state index in [9.17, 15) is 4.79 Å². The Labute approximate surface area is 173 Å². The average molecular weight is 468 g/mol. The highest BCUT2D eigenvalue weighted by atomic mass is 127. The lowest BCUT2D eigenvalue weighted by atomic mass is 9.91. The van der Waals surface area contributed by atoms with Crippen LogP contribution in [0.4, 0.5) is 5.69 Å². The Morgan fingerprint density at radius 1 is 1.31 bits per heavy atom. The van der Waals surface area contributed by atoms with Gasteiger partial charge in [-0.2, -0.15) is 0 Å². The quantitative estimate of drug-likeness (QED) is 0.258. The molecule has 1 unspecified atom stereocenters. The highest BCUT2D eigenvalue weighted by molar-refractivity contribution is 14.0. The smallest absolute Gasteiger partial charge is 0.225 e. The minimum Gasteiger partial charge on any atom is -0.357 e. The van der Waals surface area contributed by atoms with Gasteiger partial charge in [0.15, 0.2) is 5.96 Å². The van der Waals surface area contributed by atoms with Gasteiger partial charge in [0.1, 0.15) is 0 Å². The Hall–Kier alpha value is -1.57. The summed E-state index contributed by atoms with van der Waals surface area (Å²) in [6, 6.07) is 8.02. The summed E-state index contributed by atoms with van der Waals surface area (Å²) in [7, 11) is 0. The number of nitrogens with one attached hydrogen (secondary N) is 3. The van der Waals surface area contributed by atoms with Crippen molar-refractivity contribution in [2.75, 3.05) is 25.0 Å². The molecular weight excluding hydrogens is 439 g/mol. The number of benzene rings is 1. The molecule has 1 amide bonds. The van der Waals surface area contributed by atoms with Crippen molar-refractivity contribution in [3.8, 4) is 0 Å². The van der Waals surface area contributed by atoms with Gasteiger partial charge < -0.3 is 16.0 Å². The number of rotatable bonds is 6. The number of hydrogen-bond acceptors (Lipinski definition) is 2. The van der Waals surface area contributed by atoms with Crippen LogP contribution in [-0.2, 0) is 4.79 Å². The predicted octanol–water partition coefficient (Wildman–Crippen LogP) is 3.79. The average Bonchev–Trinajstić information content (AvgIpc) is 3.12. The Morgan fingerprint density at radius 3 is 2.92 bits per heavy atom. The fourth-order valence-corrected chi connectivity index (χ4v) is 3.51. The van der Waals surface area contributed by atoms with E-state index in [1.54, 1.807) is 5.57 Å².